The van der Waals surface area contributed by atoms with E-state index < -0.39 is 0 Å². The fourth-order valence-electron chi connectivity index (χ4n) is 4.38. The number of piperidine rings is 2. The van der Waals surface area contributed by atoms with Crippen LogP contribution in [0.4, 0.5) is 0 Å². The van der Waals surface area contributed by atoms with Crippen LogP contribution in [0.2, 0.25) is 0 Å². The minimum absolute atomic E-state index is 0.237. The Balaban J connectivity index is 1.61. The van der Waals surface area contributed by atoms with Gasteiger partial charge in [-0.05, 0) is 72.8 Å². The minimum atomic E-state index is 0.237. The van der Waals surface area contributed by atoms with Crippen molar-refractivity contribution in [1.82, 2.24) is 25.4 Å². The average molecular weight is 407 g/mol. The Kier molecular flexibility index (Phi) is 8.11. The normalized spacial score (nSPS) is 21.6. The van der Waals surface area contributed by atoms with Crippen molar-refractivity contribution < 1.29 is 0 Å². The Morgan fingerprint density at radius 1 is 1.18 bits per heavy atom. The van der Waals surface area contributed by atoms with E-state index in [0.717, 1.165) is 37.0 Å². The molecule has 2 fully saturated rings. The summed E-state index contributed by atoms with van der Waals surface area (Å²) in [5.41, 5.74) is 1.41. The standard InChI is InChI=1S/C21H38N6S/c1-4-22-20(23-11-8-19-16-28-18(2)25-19)24-17-21(9-14-26(3)15-10-21)27-12-6-5-7-13-27/h16H,4-15,17H2,1-3H3,(H2,22,23,24). The summed E-state index contributed by atoms with van der Waals surface area (Å²) in [7, 11) is 2.25. The second-order valence-electron chi connectivity index (χ2n) is 8.31. The van der Waals surface area contributed by atoms with Crippen molar-refractivity contribution in [1.29, 1.82) is 0 Å². The second-order valence-corrected chi connectivity index (χ2v) is 9.37. The van der Waals surface area contributed by atoms with Crippen LogP contribution in [0.15, 0.2) is 10.4 Å². The van der Waals surface area contributed by atoms with Crippen LogP contribution in [-0.4, -0.2) is 79.1 Å². The highest BCUT2D eigenvalue weighted by molar-refractivity contribution is 7.09. The lowest BCUT2D eigenvalue weighted by atomic mass is 9.84. The minimum Gasteiger partial charge on any atom is -0.357 e. The number of hydrogen-bond acceptors (Lipinski definition) is 5. The highest BCUT2D eigenvalue weighted by Crippen LogP contribution is 2.31. The number of nitrogens with zero attached hydrogens (tertiary/aromatic N) is 4. The molecule has 2 aliphatic heterocycles. The summed E-state index contributed by atoms with van der Waals surface area (Å²) >= 11 is 1.72. The highest BCUT2D eigenvalue weighted by Gasteiger charge is 2.39. The van der Waals surface area contributed by atoms with Crippen molar-refractivity contribution in [2.75, 3.05) is 52.9 Å². The molecule has 0 saturated carbocycles. The molecule has 2 saturated heterocycles. The lowest BCUT2D eigenvalue weighted by Gasteiger charge is -2.49. The largest absolute Gasteiger partial charge is 0.357 e. The molecule has 2 aliphatic rings. The van der Waals surface area contributed by atoms with Crippen LogP contribution in [0.5, 0.6) is 0 Å². The molecule has 1 aromatic heterocycles. The van der Waals surface area contributed by atoms with Gasteiger partial charge in [0, 0.05) is 30.4 Å². The van der Waals surface area contributed by atoms with Crippen molar-refractivity contribution in [3.8, 4) is 0 Å². The molecule has 3 heterocycles. The molecule has 28 heavy (non-hydrogen) atoms. The van der Waals surface area contributed by atoms with Crippen molar-refractivity contribution in [3.63, 3.8) is 0 Å². The number of aliphatic imine (C=N–C) groups is 1. The molecule has 0 aromatic carbocycles. The zero-order valence-corrected chi connectivity index (χ0v) is 18.8. The Morgan fingerprint density at radius 3 is 2.57 bits per heavy atom. The lowest BCUT2D eigenvalue weighted by molar-refractivity contribution is 0.0208. The Bertz CT molecular complexity index is 614. The van der Waals surface area contributed by atoms with E-state index in [-0.39, 0.29) is 5.54 Å². The first-order valence-electron chi connectivity index (χ1n) is 11.0. The van der Waals surface area contributed by atoms with E-state index in [2.05, 4.69) is 51.7 Å². The first-order chi connectivity index (χ1) is 13.6. The third-order valence-electron chi connectivity index (χ3n) is 6.16. The molecule has 6 nitrogen and oxygen atoms in total. The van der Waals surface area contributed by atoms with Crippen molar-refractivity contribution >= 4 is 17.3 Å². The van der Waals surface area contributed by atoms with Gasteiger partial charge in [0.15, 0.2) is 5.96 Å². The molecular formula is C21H38N6S. The van der Waals surface area contributed by atoms with E-state index in [9.17, 15) is 0 Å². The van der Waals surface area contributed by atoms with Gasteiger partial charge in [0.25, 0.3) is 0 Å². The summed E-state index contributed by atoms with van der Waals surface area (Å²) in [5, 5.41) is 10.3. The van der Waals surface area contributed by atoms with E-state index in [1.54, 1.807) is 11.3 Å². The molecule has 1 aromatic rings. The smallest absolute Gasteiger partial charge is 0.191 e. The summed E-state index contributed by atoms with van der Waals surface area (Å²) in [6.07, 6.45) is 7.46. The number of rotatable bonds is 7. The maximum absolute atomic E-state index is 5.06. The maximum Gasteiger partial charge on any atom is 0.191 e. The molecular weight excluding hydrogens is 368 g/mol. The molecule has 3 rings (SSSR count). The molecule has 0 amide bonds. The van der Waals surface area contributed by atoms with Gasteiger partial charge in [-0.2, -0.15) is 0 Å². The number of guanidine groups is 1. The Morgan fingerprint density at radius 2 is 1.93 bits per heavy atom. The van der Waals surface area contributed by atoms with Gasteiger partial charge in [0.2, 0.25) is 0 Å². The number of aromatic nitrogens is 1. The predicted molar refractivity (Wildman–Crippen MR) is 119 cm³/mol. The molecule has 0 spiro atoms. The van der Waals surface area contributed by atoms with Gasteiger partial charge >= 0.3 is 0 Å². The number of hydrogen-bond donors (Lipinski definition) is 2. The molecule has 0 unspecified atom stereocenters. The number of nitrogens with one attached hydrogen (secondary N) is 2. The third kappa shape index (κ3) is 5.91. The van der Waals surface area contributed by atoms with E-state index in [0.29, 0.717) is 0 Å². The molecule has 7 heteroatoms. The summed E-state index contributed by atoms with van der Waals surface area (Å²) in [4.78, 5) is 14.8. The van der Waals surface area contributed by atoms with Crippen LogP contribution in [0.1, 0.15) is 49.7 Å². The van der Waals surface area contributed by atoms with Gasteiger partial charge < -0.3 is 15.5 Å². The van der Waals surface area contributed by atoms with Crippen LogP contribution in [0.25, 0.3) is 0 Å². The topological polar surface area (TPSA) is 55.8 Å². The SMILES string of the molecule is CCNC(=NCC1(N2CCCCC2)CCN(C)CC1)NCCc1csc(C)n1. The van der Waals surface area contributed by atoms with Gasteiger partial charge in [-0.15, -0.1) is 11.3 Å². The molecule has 2 N–H and O–H groups in total. The Hall–Kier alpha value is -1.18. The first-order valence-corrected chi connectivity index (χ1v) is 11.9. The van der Waals surface area contributed by atoms with Crippen LogP contribution in [0.3, 0.4) is 0 Å². The van der Waals surface area contributed by atoms with E-state index in [1.165, 1.54) is 64.0 Å². The fraction of sp³-hybridized carbons (Fsp3) is 0.810. The summed E-state index contributed by atoms with van der Waals surface area (Å²) in [6, 6.07) is 0. The van der Waals surface area contributed by atoms with Crippen LogP contribution < -0.4 is 10.6 Å². The first kappa shape index (κ1) is 21.5. The Labute approximate surface area is 174 Å². The van der Waals surface area contributed by atoms with Crippen molar-refractivity contribution in [2.45, 2.75) is 57.9 Å². The number of aryl methyl sites for hydroxylation is 1. The predicted octanol–water partition coefficient (Wildman–Crippen LogP) is 2.50. The molecule has 0 radical (unpaired) electrons. The van der Waals surface area contributed by atoms with E-state index in [1.807, 2.05) is 0 Å². The van der Waals surface area contributed by atoms with Crippen LogP contribution >= 0.6 is 11.3 Å². The van der Waals surface area contributed by atoms with Crippen LogP contribution in [-0.2, 0) is 6.42 Å². The van der Waals surface area contributed by atoms with Gasteiger partial charge in [-0.3, -0.25) is 9.89 Å². The molecule has 158 valence electrons. The van der Waals surface area contributed by atoms with E-state index in [4.69, 9.17) is 4.99 Å². The van der Waals surface area contributed by atoms with Gasteiger partial charge in [-0.25, -0.2) is 4.98 Å². The van der Waals surface area contributed by atoms with E-state index >= 15 is 0 Å². The molecule has 0 atom stereocenters. The van der Waals surface area contributed by atoms with Crippen molar-refractivity contribution in [3.05, 3.63) is 16.1 Å². The lowest BCUT2D eigenvalue weighted by Crippen LogP contribution is -2.58. The van der Waals surface area contributed by atoms with Gasteiger partial charge in [0.05, 0.1) is 17.2 Å². The highest BCUT2D eigenvalue weighted by atomic mass is 32.1. The fourth-order valence-corrected chi connectivity index (χ4v) is 5.02. The third-order valence-corrected chi connectivity index (χ3v) is 6.98. The zero-order valence-electron chi connectivity index (χ0n) is 18.0. The van der Waals surface area contributed by atoms with Crippen LogP contribution in [0, 0.1) is 6.92 Å². The van der Waals surface area contributed by atoms with Gasteiger partial charge in [0.1, 0.15) is 0 Å². The average Bonchev–Trinajstić information content (AvgIpc) is 3.13. The number of thiazole rings is 1. The summed E-state index contributed by atoms with van der Waals surface area (Å²) in [6.45, 7) is 11.7. The summed E-state index contributed by atoms with van der Waals surface area (Å²) < 4.78 is 0. The molecule has 0 aliphatic carbocycles. The second kappa shape index (κ2) is 10.6. The van der Waals surface area contributed by atoms with Gasteiger partial charge in [-0.1, -0.05) is 6.42 Å². The quantitative estimate of drug-likeness (QED) is 0.538. The number of likely N-dealkylation sites (tertiary alicyclic amines) is 2. The molecule has 0 bridgehead atoms. The van der Waals surface area contributed by atoms with Crippen molar-refractivity contribution in [2.24, 2.45) is 4.99 Å². The maximum atomic E-state index is 5.06. The zero-order chi connectivity index (χ0) is 19.8. The summed E-state index contributed by atoms with van der Waals surface area (Å²) in [5.74, 6) is 0.949. The monoisotopic (exact) mass is 406 g/mol.